The molecule has 140 valence electrons. The fourth-order valence-electron chi connectivity index (χ4n) is 3.56. The topological polar surface area (TPSA) is 93.0 Å². The molecule has 2 aliphatic heterocycles. The van der Waals surface area contributed by atoms with Gasteiger partial charge < -0.3 is 20.2 Å². The van der Waals surface area contributed by atoms with E-state index in [1.165, 1.54) is 6.20 Å². The van der Waals surface area contributed by atoms with Gasteiger partial charge in [-0.2, -0.15) is 13.2 Å². The first-order valence-corrected chi connectivity index (χ1v) is 8.14. The lowest BCUT2D eigenvalue weighted by molar-refractivity contribution is -0.140. The third kappa shape index (κ3) is 4.02. The molecule has 0 amide bonds. The van der Waals surface area contributed by atoms with Gasteiger partial charge in [0.2, 0.25) is 0 Å². The van der Waals surface area contributed by atoms with Crippen molar-refractivity contribution in [1.29, 1.82) is 0 Å². The summed E-state index contributed by atoms with van der Waals surface area (Å²) in [5, 5.41) is 29.1. The number of piperidine rings is 1. The Kier molecular flexibility index (Phi) is 5.14. The number of halogens is 3. The Labute approximate surface area is 142 Å². The van der Waals surface area contributed by atoms with E-state index in [1.54, 1.807) is 4.90 Å². The molecule has 0 bridgehead atoms. The number of likely N-dealkylation sites (tertiary alicyclic amines) is 1. The molecule has 2 fully saturated rings. The van der Waals surface area contributed by atoms with Crippen LogP contribution in [0, 0.1) is 5.92 Å². The molecule has 2 saturated heterocycles. The predicted octanol–water partition coefficient (Wildman–Crippen LogP) is -0.280. The highest BCUT2D eigenvalue weighted by atomic mass is 19.4. The summed E-state index contributed by atoms with van der Waals surface area (Å²) in [6.07, 6.45) is -4.98. The van der Waals surface area contributed by atoms with Crippen molar-refractivity contribution in [3.05, 3.63) is 18.2 Å². The van der Waals surface area contributed by atoms with Gasteiger partial charge >= 0.3 is 6.18 Å². The second kappa shape index (κ2) is 7.02. The van der Waals surface area contributed by atoms with Crippen LogP contribution < -0.4 is 4.90 Å². The van der Waals surface area contributed by atoms with Crippen molar-refractivity contribution in [2.45, 2.75) is 30.9 Å². The molecule has 0 aromatic carbocycles. The van der Waals surface area contributed by atoms with Crippen LogP contribution in [-0.2, 0) is 6.18 Å². The number of rotatable bonds is 3. The first-order valence-electron chi connectivity index (χ1n) is 8.14. The molecule has 0 radical (unpaired) electrons. The number of aromatic nitrogens is 2. The van der Waals surface area contributed by atoms with Crippen LogP contribution in [0.1, 0.15) is 12.1 Å². The van der Waals surface area contributed by atoms with E-state index >= 15 is 0 Å². The monoisotopic (exact) mass is 362 g/mol. The Bertz CT molecular complexity index is 592. The maximum Gasteiger partial charge on any atom is 0.435 e. The van der Waals surface area contributed by atoms with Gasteiger partial charge in [-0.05, 0) is 12.3 Å². The molecule has 1 aromatic heterocycles. The number of anilines is 1. The minimum absolute atomic E-state index is 0.0216. The molecule has 0 saturated carbocycles. The number of aliphatic hydroxyl groups excluding tert-OH is 3. The Morgan fingerprint density at radius 3 is 2.44 bits per heavy atom. The summed E-state index contributed by atoms with van der Waals surface area (Å²) < 4.78 is 39.3. The number of β-amino-alcohol motifs (C(OH)–C–C–N with tert-alkyl or cyclic N) is 2. The molecular weight excluding hydrogens is 341 g/mol. The van der Waals surface area contributed by atoms with Crippen LogP contribution in [-0.4, -0.2) is 81.2 Å². The molecular formula is C15H21F3N4O3. The van der Waals surface area contributed by atoms with E-state index < -0.39 is 30.2 Å². The Hall–Kier alpha value is -1.49. The first kappa shape index (κ1) is 18.3. The van der Waals surface area contributed by atoms with E-state index in [2.05, 4.69) is 9.97 Å². The van der Waals surface area contributed by atoms with E-state index in [9.17, 15) is 28.5 Å². The average Bonchev–Trinajstić information content (AvgIpc) is 3.00. The molecule has 3 atom stereocenters. The van der Waals surface area contributed by atoms with Crippen LogP contribution in [0.25, 0.3) is 0 Å². The SMILES string of the molecule is OC1CN(C[C@@H]2CCN(c3cncnc3C(F)(F)F)C2)CC(O)C1O. The van der Waals surface area contributed by atoms with E-state index in [1.807, 2.05) is 4.90 Å². The zero-order chi connectivity index (χ0) is 18.2. The number of hydrogen-bond acceptors (Lipinski definition) is 7. The predicted molar refractivity (Wildman–Crippen MR) is 81.8 cm³/mol. The largest absolute Gasteiger partial charge is 0.435 e. The van der Waals surface area contributed by atoms with Gasteiger partial charge in [0.25, 0.3) is 0 Å². The zero-order valence-electron chi connectivity index (χ0n) is 13.5. The van der Waals surface area contributed by atoms with Crippen LogP contribution in [0.2, 0.25) is 0 Å². The number of hydrogen-bond donors (Lipinski definition) is 3. The minimum atomic E-state index is -4.53. The van der Waals surface area contributed by atoms with Gasteiger partial charge in [-0.25, -0.2) is 9.97 Å². The summed E-state index contributed by atoms with van der Waals surface area (Å²) in [6.45, 7) is 1.88. The van der Waals surface area contributed by atoms with Gasteiger partial charge in [0.05, 0.1) is 24.1 Å². The molecule has 2 aliphatic rings. The van der Waals surface area contributed by atoms with Gasteiger partial charge in [-0.1, -0.05) is 0 Å². The lowest BCUT2D eigenvalue weighted by Gasteiger charge is -2.38. The maximum atomic E-state index is 13.1. The molecule has 0 spiro atoms. The van der Waals surface area contributed by atoms with Crippen LogP contribution in [0.5, 0.6) is 0 Å². The molecule has 3 N–H and O–H groups in total. The molecule has 25 heavy (non-hydrogen) atoms. The van der Waals surface area contributed by atoms with Crippen LogP contribution in [0.15, 0.2) is 12.5 Å². The highest BCUT2D eigenvalue weighted by molar-refractivity contribution is 5.50. The van der Waals surface area contributed by atoms with Crippen molar-refractivity contribution in [2.75, 3.05) is 37.6 Å². The van der Waals surface area contributed by atoms with Crippen molar-refractivity contribution in [3.63, 3.8) is 0 Å². The van der Waals surface area contributed by atoms with Crippen molar-refractivity contribution >= 4 is 5.69 Å². The smallest absolute Gasteiger partial charge is 0.389 e. The number of nitrogens with zero attached hydrogens (tertiary/aromatic N) is 4. The maximum absolute atomic E-state index is 13.1. The van der Waals surface area contributed by atoms with Gasteiger partial charge in [0.15, 0.2) is 5.69 Å². The standard InChI is InChI=1S/C15H21F3N4O3/c16-15(17,18)14-10(3-19-8-20-14)22-2-1-9(5-22)4-21-6-11(23)13(25)12(24)7-21/h3,8-9,11-13,23-25H,1-2,4-7H2/t9-,11?,12?,13?/m0/s1. The first-order chi connectivity index (χ1) is 11.8. The average molecular weight is 362 g/mol. The Morgan fingerprint density at radius 2 is 1.80 bits per heavy atom. The summed E-state index contributed by atoms with van der Waals surface area (Å²) in [6, 6.07) is 0. The highest BCUT2D eigenvalue weighted by Crippen LogP contribution is 2.36. The molecule has 7 nitrogen and oxygen atoms in total. The normalized spacial score (nSPS) is 31.5. The molecule has 3 rings (SSSR count). The van der Waals surface area contributed by atoms with Crippen molar-refractivity contribution < 1.29 is 28.5 Å². The minimum Gasteiger partial charge on any atom is -0.389 e. The molecule has 3 heterocycles. The van der Waals surface area contributed by atoms with E-state index in [0.29, 0.717) is 26.1 Å². The lowest BCUT2D eigenvalue weighted by Crippen LogP contribution is -2.56. The number of alkyl halides is 3. The van der Waals surface area contributed by atoms with E-state index in [4.69, 9.17) is 0 Å². The van der Waals surface area contributed by atoms with Gasteiger partial charge in [0.1, 0.15) is 12.4 Å². The fraction of sp³-hybridized carbons (Fsp3) is 0.733. The zero-order valence-corrected chi connectivity index (χ0v) is 13.5. The second-order valence-electron chi connectivity index (χ2n) is 6.70. The van der Waals surface area contributed by atoms with Crippen LogP contribution >= 0.6 is 0 Å². The number of aliphatic hydroxyl groups is 3. The summed E-state index contributed by atoms with van der Waals surface area (Å²) in [5.74, 6) is 0.0935. The van der Waals surface area contributed by atoms with Crippen molar-refractivity contribution in [2.24, 2.45) is 5.92 Å². The third-order valence-electron chi connectivity index (χ3n) is 4.78. The Balaban J connectivity index is 1.63. The van der Waals surface area contributed by atoms with E-state index in [-0.39, 0.29) is 24.7 Å². The summed E-state index contributed by atoms with van der Waals surface area (Å²) >= 11 is 0. The van der Waals surface area contributed by atoms with Crippen molar-refractivity contribution in [1.82, 2.24) is 14.9 Å². The molecule has 0 aliphatic carbocycles. The lowest BCUT2D eigenvalue weighted by atomic mass is 10.00. The third-order valence-corrected chi connectivity index (χ3v) is 4.78. The van der Waals surface area contributed by atoms with E-state index in [0.717, 1.165) is 6.33 Å². The highest BCUT2D eigenvalue weighted by Gasteiger charge is 2.39. The summed E-state index contributed by atoms with van der Waals surface area (Å²) in [4.78, 5) is 10.6. The van der Waals surface area contributed by atoms with Gasteiger partial charge in [-0.15, -0.1) is 0 Å². The molecule has 10 heteroatoms. The van der Waals surface area contributed by atoms with Crippen LogP contribution in [0.3, 0.4) is 0 Å². The molecule has 1 aromatic rings. The van der Waals surface area contributed by atoms with Gasteiger partial charge in [-0.3, -0.25) is 4.90 Å². The summed E-state index contributed by atoms with van der Waals surface area (Å²) in [5.41, 5.74) is -0.957. The quantitative estimate of drug-likeness (QED) is 0.681. The molecule has 2 unspecified atom stereocenters. The Morgan fingerprint density at radius 1 is 1.12 bits per heavy atom. The summed E-state index contributed by atoms with van der Waals surface area (Å²) in [7, 11) is 0. The van der Waals surface area contributed by atoms with Crippen LogP contribution in [0.4, 0.5) is 18.9 Å². The van der Waals surface area contributed by atoms with Crippen molar-refractivity contribution in [3.8, 4) is 0 Å². The fourth-order valence-corrected chi connectivity index (χ4v) is 3.56. The van der Waals surface area contributed by atoms with Gasteiger partial charge in [0, 0.05) is 32.7 Å². The second-order valence-corrected chi connectivity index (χ2v) is 6.70.